The quantitative estimate of drug-likeness (QED) is 0.840. The minimum atomic E-state index is 0.0786. The summed E-state index contributed by atoms with van der Waals surface area (Å²) in [7, 11) is 3.96. The molecule has 1 amide bonds. The van der Waals surface area contributed by atoms with E-state index in [4.69, 9.17) is 4.74 Å². The van der Waals surface area contributed by atoms with Crippen molar-refractivity contribution >= 4 is 11.6 Å². The van der Waals surface area contributed by atoms with Crippen molar-refractivity contribution in [2.75, 3.05) is 32.1 Å². The van der Waals surface area contributed by atoms with Crippen molar-refractivity contribution in [3.63, 3.8) is 0 Å². The first kappa shape index (κ1) is 17.4. The number of benzene rings is 1. The van der Waals surface area contributed by atoms with Crippen LogP contribution in [0.25, 0.3) is 0 Å². The predicted molar refractivity (Wildman–Crippen MR) is 98.7 cm³/mol. The fourth-order valence-corrected chi connectivity index (χ4v) is 3.06. The Labute approximate surface area is 149 Å². The summed E-state index contributed by atoms with van der Waals surface area (Å²) in [4.78, 5) is 20.9. The summed E-state index contributed by atoms with van der Waals surface area (Å²) in [6, 6.07) is 11.7. The van der Waals surface area contributed by atoms with Gasteiger partial charge in [0.05, 0.1) is 12.7 Å². The van der Waals surface area contributed by atoms with Gasteiger partial charge in [-0.05, 0) is 42.7 Å². The monoisotopic (exact) mass is 339 g/mol. The van der Waals surface area contributed by atoms with Crippen molar-refractivity contribution in [3.8, 4) is 0 Å². The number of amides is 1. The SMILES string of the molecule is CN(C)c1cccc(C(=O)N2CCCC(OCc3cccnc3)C2)c1. The van der Waals surface area contributed by atoms with E-state index in [0.717, 1.165) is 36.2 Å². The fraction of sp³-hybridized carbons (Fsp3) is 0.400. The molecule has 1 unspecified atom stereocenters. The van der Waals surface area contributed by atoms with E-state index in [9.17, 15) is 4.79 Å². The second-order valence-electron chi connectivity index (χ2n) is 6.63. The summed E-state index contributed by atoms with van der Waals surface area (Å²) in [6.07, 6.45) is 5.61. The molecule has 1 atom stereocenters. The second kappa shape index (κ2) is 8.12. The molecule has 1 fully saturated rings. The third kappa shape index (κ3) is 4.57. The molecule has 1 saturated heterocycles. The number of anilines is 1. The van der Waals surface area contributed by atoms with Crippen molar-refractivity contribution in [3.05, 3.63) is 59.9 Å². The Balaban J connectivity index is 1.60. The van der Waals surface area contributed by atoms with Crippen molar-refractivity contribution in [2.24, 2.45) is 0 Å². The van der Waals surface area contributed by atoms with Gasteiger partial charge in [-0.2, -0.15) is 0 Å². The Morgan fingerprint density at radius 3 is 2.96 bits per heavy atom. The first-order valence-electron chi connectivity index (χ1n) is 8.70. The van der Waals surface area contributed by atoms with Gasteiger partial charge in [0.1, 0.15) is 0 Å². The molecular weight excluding hydrogens is 314 g/mol. The highest BCUT2D eigenvalue weighted by atomic mass is 16.5. The van der Waals surface area contributed by atoms with Crippen LogP contribution in [0, 0.1) is 0 Å². The van der Waals surface area contributed by atoms with Crippen molar-refractivity contribution in [1.82, 2.24) is 9.88 Å². The zero-order valence-corrected chi connectivity index (χ0v) is 14.9. The van der Waals surface area contributed by atoms with Crippen LogP contribution in [-0.2, 0) is 11.3 Å². The molecule has 1 aromatic carbocycles. The number of hydrogen-bond acceptors (Lipinski definition) is 4. The molecule has 5 heteroatoms. The Hall–Kier alpha value is -2.40. The summed E-state index contributed by atoms with van der Waals surface area (Å²) >= 11 is 0. The van der Waals surface area contributed by atoms with Crippen LogP contribution in [-0.4, -0.2) is 49.1 Å². The number of likely N-dealkylation sites (tertiary alicyclic amines) is 1. The second-order valence-corrected chi connectivity index (χ2v) is 6.63. The molecule has 25 heavy (non-hydrogen) atoms. The van der Waals surface area contributed by atoms with Crippen LogP contribution in [0.3, 0.4) is 0 Å². The van der Waals surface area contributed by atoms with Crippen LogP contribution in [0.4, 0.5) is 5.69 Å². The number of rotatable bonds is 5. The summed E-state index contributed by atoms with van der Waals surface area (Å²) in [5.41, 5.74) is 2.83. The number of carbonyl (C=O) groups is 1. The first-order valence-corrected chi connectivity index (χ1v) is 8.70. The standard InChI is InChI=1S/C20H25N3O2/c1-22(2)18-8-3-7-17(12-18)20(24)23-11-5-9-19(14-23)25-15-16-6-4-10-21-13-16/h3-4,6-8,10,12-13,19H,5,9,11,14-15H2,1-2H3. The van der Waals surface area contributed by atoms with Gasteiger partial charge >= 0.3 is 0 Å². The van der Waals surface area contributed by atoms with E-state index in [2.05, 4.69) is 4.98 Å². The molecule has 2 heterocycles. The van der Waals surface area contributed by atoms with Crippen LogP contribution in [0.5, 0.6) is 0 Å². The molecule has 1 aliphatic rings. The van der Waals surface area contributed by atoms with Gasteiger partial charge in [0, 0.05) is 50.8 Å². The summed E-state index contributed by atoms with van der Waals surface area (Å²) in [5.74, 6) is 0.0818. The highest BCUT2D eigenvalue weighted by Crippen LogP contribution is 2.20. The number of carbonyl (C=O) groups excluding carboxylic acids is 1. The van der Waals surface area contributed by atoms with E-state index in [1.807, 2.05) is 66.5 Å². The van der Waals surface area contributed by atoms with Crippen molar-refractivity contribution in [2.45, 2.75) is 25.6 Å². The summed E-state index contributed by atoms with van der Waals surface area (Å²) in [5, 5.41) is 0. The maximum atomic E-state index is 12.8. The van der Waals surface area contributed by atoms with Crippen molar-refractivity contribution < 1.29 is 9.53 Å². The van der Waals surface area contributed by atoms with Gasteiger partial charge in [0.25, 0.3) is 5.91 Å². The lowest BCUT2D eigenvalue weighted by Gasteiger charge is -2.33. The molecule has 0 radical (unpaired) electrons. The number of hydrogen-bond donors (Lipinski definition) is 0. The van der Waals surface area contributed by atoms with Crippen LogP contribution < -0.4 is 4.90 Å². The molecule has 1 aliphatic heterocycles. The molecule has 1 aromatic heterocycles. The first-order chi connectivity index (χ1) is 12.1. The van der Waals surface area contributed by atoms with Gasteiger partial charge in [-0.25, -0.2) is 0 Å². The molecule has 0 saturated carbocycles. The van der Waals surface area contributed by atoms with Gasteiger partial charge in [-0.3, -0.25) is 9.78 Å². The molecule has 5 nitrogen and oxygen atoms in total. The smallest absolute Gasteiger partial charge is 0.254 e. The molecular formula is C20H25N3O2. The highest BCUT2D eigenvalue weighted by Gasteiger charge is 2.25. The Morgan fingerprint density at radius 2 is 2.20 bits per heavy atom. The fourth-order valence-electron chi connectivity index (χ4n) is 3.06. The van der Waals surface area contributed by atoms with Crippen molar-refractivity contribution in [1.29, 1.82) is 0 Å². The topological polar surface area (TPSA) is 45.7 Å². The molecule has 2 aromatic rings. The highest BCUT2D eigenvalue weighted by molar-refractivity contribution is 5.95. The Kier molecular flexibility index (Phi) is 5.66. The molecule has 132 valence electrons. The van der Waals surface area contributed by atoms with Gasteiger partial charge < -0.3 is 14.5 Å². The number of aromatic nitrogens is 1. The Bertz CT molecular complexity index is 703. The number of piperidine rings is 1. The molecule has 0 spiro atoms. The van der Waals surface area contributed by atoms with E-state index in [0.29, 0.717) is 13.2 Å². The van der Waals surface area contributed by atoms with Gasteiger partial charge in [-0.1, -0.05) is 12.1 Å². The zero-order valence-electron chi connectivity index (χ0n) is 14.9. The largest absolute Gasteiger partial charge is 0.378 e. The maximum absolute atomic E-state index is 12.8. The number of nitrogens with zero attached hydrogens (tertiary/aromatic N) is 3. The summed E-state index contributed by atoms with van der Waals surface area (Å²) in [6.45, 7) is 1.97. The number of ether oxygens (including phenoxy) is 1. The lowest BCUT2D eigenvalue weighted by atomic mass is 10.1. The minimum Gasteiger partial charge on any atom is -0.378 e. The lowest BCUT2D eigenvalue weighted by molar-refractivity contribution is -0.00681. The van der Waals surface area contributed by atoms with Crippen LogP contribution in [0.1, 0.15) is 28.8 Å². The van der Waals surface area contributed by atoms with Crippen LogP contribution in [0.2, 0.25) is 0 Å². The van der Waals surface area contributed by atoms with Crippen LogP contribution in [0.15, 0.2) is 48.8 Å². The predicted octanol–water partition coefficient (Wildman–Crippen LogP) is 2.97. The zero-order chi connectivity index (χ0) is 17.6. The van der Waals surface area contributed by atoms with E-state index >= 15 is 0 Å². The van der Waals surface area contributed by atoms with E-state index in [-0.39, 0.29) is 12.0 Å². The van der Waals surface area contributed by atoms with E-state index < -0.39 is 0 Å². The van der Waals surface area contributed by atoms with Gasteiger partial charge in [0.15, 0.2) is 0 Å². The third-order valence-corrected chi connectivity index (χ3v) is 4.48. The van der Waals surface area contributed by atoms with Gasteiger partial charge in [-0.15, -0.1) is 0 Å². The molecule has 0 aliphatic carbocycles. The summed E-state index contributed by atoms with van der Waals surface area (Å²) < 4.78 is 6.01. The molecule has 0 N–H and O–H groups in total. The maximum Gasteiger partial charge on any atom is 0.254 e. The minimum absolute atomic E-state index is 0.0786. The lowest BCUT2D eigenvalue weighted by Crippen LogP contribution is -2.43. The Morgan fingerprint density at radius 1 is 1.32 bits per heavy atom. The molecule has 0 bridgehead atoms. The van der Waals surface area contributed by atoms with Gasteiger partial charge in [0.2, 0.25) is 0 Å². The average Bonchev–Trinajstić information content (AvgIpc) is 2.67. The van der Waals surface area contributed by atoms with Crippen LogP contribution >= 0.6 is 0 Å². The van der Waals surface area contributed by atoms with E-state index in [1.165, 1.54) is 0 Å². The average molecular weight is 339 g/mol. The third-order valence-electron chi connectivity index (χ3n) is 4.48. The molecule has 3 rings (SSSR count). The normalized spacial score (nSPS) is 17.4. The van der Waals surface area contributed by atoms with E-state index in [1.54, 1.807) is 6.20 Å². The number of pyridine rings is 1.